The lowest BCUT2D eigenvalue weighted by molar-refractivity contribution is -0.122. The monoisotopic (exact) mass is 340 g/mol. The second kappa shape index (κ2) is 11.3. The molecule has 1 aromatic carbocycles. The number of benzene rings is 1. The topological polar surface area (TPSA) is 50.4 Å². The Morgan fingerprint density at radius 3 is 2.87 bits per heavy atom. The first kappa shape index (κ1) is 19.8. The molecule has 1 fully saturated rings. The van der Waals surface area contributed by atoms with Crippen LogP contribution in [0.3, 0.4) is 0 Å². The van der Waals surface area contributed by atoms with Gasteiger partial charge in [0.1, 0.15) is 5.75 Å². The third kappa shape index (κ3) is 7.71. The molecule has 2 N–H and O–H groups in total. The molecule has 0 aliphatic carbocycles. The number of halogens is 1. The van der Waals surface area contributed by atoms with E-state index in [2.05, 4.69) is 17.6 Å². The fraction of sp³-hybridized carbons (Fsp3) is 0.611. The van der Waals surface area contributed by atoms with Gasteiger partial charge in [-0.05, 0) is 56.3 Å². The van der Waals surface area contributed by atoms with Crippen LogP contribution in [0.25, 0.3) is 0 Å². The fourth-order valence-corrected chi connectivity index (χ4v) is 2.90. The van der Waals surface area contributed by atoms with Gasteiger partial charge in [0.05, 0.1) is 6.61 Å². The van der Waals surface area contributed by atoms with Gasteiger partial charge < -0.3 is 15.4 Å². The number of nitrogens with one attached hydrogen (secondary N) is 2. The minimum absolute atomic E-state index is 0. The van der Waals surface area contributed by atoms with Gasteiger partial charge in [-0.15, -0.1) is 12.4 Å². The van der Waals surface area contributed by atoms with Crippen LogP contribution in [0.4, 0.5) is 0 Å². The van der Waals surface area contributed by atoms with Gasteiger partial charge in [-0.1, -0.05) is 25.1 Å². The summed E-state index contributed by atoms with van der Waals surface area (Å²) < 4.78 is 5.60. The Labute approximate surface area is 145 Å². The van der Waals surface area contributed by atoms with Crippen LogP contribution < -0.4 is 15.4 Å². The summed E-state index contributed by atoms with van der Waals surface area (Å²) in [6.07, 6.45) is 3.94. The lowest BCUT2D eigenvalue weighted by Crippen LogP contribution is -2.35. The SMILES string of the molecule is CC(CC(=O)NCCCOc1ccccc1)C1CCCNC1.Cl. The van der Waals surface area contributed by atoms with Crippen molar-refractivity contribution >= 4 is 18.3 Å². The number of piperidine rings is 1. The highest BCUT2D eigenvalue weighted by molar-refractivity contribution is 5.85. The number of hydrogen-bond donors (Lipinski definition) is 2. The van der Waals surface area contributed by atoms with E-state index in [4.69, 9.17) is 4.74 Å². The van der Waals surface area contributed by atoms with Crippen LogP contribution in [0.5, 0.6) is 5.75 Å². The van der Waals surface area contributed by atoms with Crippen molar-refractivity contribution in [2.45, 2.75) is 32.6 Å². The molecule has 2 rings (SSSR count). The maximum atomic E-state index is 12.0. The lowest BCUT2D eigenvalue weighted by atomic mass is 9.85. The summed E-state index contributed by atoms with van der Waals surface area (Å²) in [5.41, 5.74) is 0. The number of para-hydroxylation sites is 1. The highest BCUT2D eigenvalue weighted by atomic mass is 35.5. The molecule has 130 valence electrons. The zero-order chi connectivity index (χ0) is 15.6. The first-order valence-electron chi connectivity index (χ1n) is 8.41. The first-order chi connectivity index (χ1) is 10.8. The zero-order valence-electron chi connectivity index (χ0n) is 13.9. The predicted octanol–water partition coefficient (Wildman–Crippen LogP) is 3.02. The molecule has 0 spiro atoms. The molecule has 1 amide bonds. The van der Waals surface area contributed by atoms with Crippen molar-refractivity contribution in [2.75, 3.05) is 26.2 Å². The smallest absolute Gasteiger partial charge is 0.220 e. The number of rotatable bonds is 8. The van der Waals surface area contributed by atoms with Crippen molar-refractivity contribution in [1.82, 2.24) is 10.6 Å². The molecular weight excluding hydrogens is 312 g/mol. The maximum Gasteiger partial charge on any atom is 0.220 e. The van der Waals surface area contributed by atoms with Crippen LogP contribution in [-0.2, 0) is 4.79 Å². The summed E-state index contributed by atoms with van der Waals surface area (Å²) in [4.78, 5) is 12.0. The maximum absolute atomic E-state index is 12.0. The van der Waals surface area contributed by atoms with E-state index in [9.17, 15) is 4.79 Å². The molecule has 23 heavy (non-hydrogen) atoms. The van der Waals surface area contributed by atoms with E-state index in [0.717, 1.165) is 25.3 Å². The van der Waals surface area contributed by atoms with Crippen molar-refractivity contribution in [3.63, 3.8) is 0 Å². The van der Waals surface area contributed by atoms with Crippen LogP contribution in [0.2, 0.25) is 0 Å². The van der Waals surface area contributed by atoms with Crippen molar-refractivity contribution in [3.05, 3.63) is 30.3 Å². The van der Waals surface area contributed by atoms with E-state index >= 15 is 0 Å². The lowest BCUT2D eigenvalue weighted by Gasteiger charge is -2.28. The van der Waals surface area contributed by atoms with Crippen LogP contribution in [0.15, 0.2) is 30.3 Å². The molecule has 0 bridgehead atoms. The molecule has 0 radical (unpaired) electrons. The molecule has 5 heteroatoms. The van der Waals surface area contributed by atoms with Crippen molar-refractivity contribution in [3.8, 4) is 5.75 Å². The van der Waals surface area contributed by atoms with Crippen LogP contribution >= 0.6 is 12.4 Å². The first-order valence-corrected chi connectivity index (χ1v) is 8.41. The third-order valence-electron chi connectivity index (χ3n) is 4.30. The Morgan fingerprint density at radius 2 is 2.17 bits per heavy atom. The Morgan fingerprint density at radius 1 is 1.39 bits per heavy atom. The quantitative estimate of drug-likeness (QED) is 0.715. The number of hydrogen-bond acceptors (Lipinski definition) is 3. The van der Waals surface area contributed by atoms with Crippen LogP contribution in [0.1, 0.15) is 32.6 Å². The molecule has 4 nitrogen and oxygen atoms in total. The minimum atomic E-state index is 0. The normalized spacial score (nSPS) is 18.6. The van der Waals surface area contributed by atoms with Crippen LogP contribution in [0, 0.1) is 11.8 Å². The number of carbonyl (C=O) groups excluding carboxylic acids is 1. The van der Waals surface area contributed by atoms with Gasteiger partial charge in [-0.2, -0.15) is 0 Å². The molecule has 0 aromatic heterocycles. The summed E-state index contributed by atoms with van der Waals surface area (Å²) in [6.45, 7) is 5.68. The summed E-state index contributed by atoms with van der Waals surface area (Å²) in [5, 5.41) is 6.42. The predicted molar refractivity (Wildman–Crippen MR) is 96.2 cm³/mol. The van der Waals surface area contributed by atoms with Gasteiger partial charge in [-0.25, -0.2) is 0 Å². The van der Waals surface area contributed by atoms with Crippen LogP contribution in [-0.4, -0.2) is 32.1 Å². The molecule has 2 unspecified atom stereocenters. The molecule has 1 aromatic rings. The van der Waals surface area contributed by atoms with E-state index in [1.165, 1.54) is 12.8 Å². The summed E-state index contributed by atoms with van der Waals surface area (Å²) >= 11 is 0. The number of carbonyl (C=O) groups is 1. The van der Waals surface area contributed by atoms with Gasteiger partial charge in [-0.3, -0.25) is 4.79 Å². The molecular formula is C18H29ClN2O2. The molecule has 0 saturated carbocycles. The fourth-order valence-electron chi connectivity index (χ4n) is 2.90. The van der Waals surface area contributed by atoms with E-state index in [-0.39, 0.29) is 18.3 Å². The van der Waals surface area contributed by atoms with Gasteiger partial charge in [0.15, 0.2) is 0 Å². The average molecular weight is 341 g/mol. The molecule has 2 atom stereocenters. The van der Waals surface area contributed by atoms with Gasteiger partial charge in [0.25, 0.3) is 0 Å². The van der Waals surface area contributed by atoms with Gasteiger partial charge >= 0.3 is 0 Å². The Hall–Kier alpha value is -1.26. The highest BCUT2D eigenvalue weighted by Gasteiger charge is 2.21. The van der Waals surface area contributed by atoms with Gasteiger partial charge in [0.2, 0.25) is 5.91 Å². The molecule has 1 saturated heterocycles. The largest absolute Gasteiger partial charge is 0.494 e. The van der Waals surface area contributed by atoms with E-state index in [1.807, 2.05) is 30.3 Å². The van der Waals surface area contributed by atoms with Crippen molar-refractivity contribution < 1.29 is 9.53 Å². The van der Waals surface area contributed by atoms with Crippen molar-refractivity contribution in [2.24, 2.45) is 11.8 Å². The number of ether oxygens (including phenoxy) is 1. The Balaban J connectivity index is 0.00000264. The van der Waals surface area contributed by atoms with Gasteiger partial charge in [0, 0.05) is 13.0 Å². The molecule has 1 heterocycles. The Kier molecular flexibility index (Phi) is 9.72. The minimum Gasteiger partial charge on any atom is -0.494 e. The standard InChI is InChI=1S/C18H28N2O2.ClH/c1-15(16-7-5-10-19-14-16)13-18(21)20-11-6-12-22-17-8-3-2-4-9-17;/h2-4,8-9,15-16,19H,5-7,10-14H2,1H3,(H,20,21);1H. The van der Waals surface area contributed by atoms with E-state index < -0.39 is 0 Å². The summed E-state index contributed by atoms with van der Waals surface area (Å²) in [7, 11) is 0. The second-order valence-corrected chi connectivity index (χ2v) is 6.15. The van der Waals surface area contributed by atoms with E-state index in [1.54, 1.807) is 0 Å². The van der Waals surface area contributed by atoms with E-state index in [0.29, 0.717) is 31.4 Å². The summed E-state index contributed by atoms with van der Waals surface area (Å²) in [5.74, 6) is 2.14. The third-order valence-corrected chi connectivity index (χ3v) is 4.30. The molecule has 1 aliphatic rings. The molecule has 1 aliphatic heterocycles. The summed E-state index contributed by atoms with van der Waals surface area (Å²) in [6, 6.07) is 9.77. The second-order valence-electron chi connectivity index (χ2n) is 6.15. The Bertz CT molecular complexity index is 436. The highest BCUT2D eigenvalue weighted by Crippen LogP contribution is 2.22. The zero-order valence-corrected chi connectivity index (χ0v) is 14.7. The average Bonchev–Trinajstić information content (AvgIpc) is 2.56. The van der Waals surface area contributed by atoms with Crippen molar-refractivity contribution in [1.29, 1.82) is 0 Å². The number of amides is 1.